The van der Waals surface area contributed by atoms with Crippen molar-refractivity contribution in [3.63, 3.8) is 0 Å². The van der Waals surface area contributed by atoms with Gasteiger partial charge in [-0.2, -0.15) is 0 Å². The van der Waals surface area contributed by atoms with Gasteiger partial charge in [0.25, 0.3) is 0 Å². The van der Waals surface area contributed by atoms with Crippen molar-refractivity contribution in [2.75, 3.05) is 31.6 Å². The number of aromatic nitrogens is 2. The Kier molecular flexibility index (Phi) is 4.33. The van der Waals surface area contributed by atoms with Crippen LogP contribution in [0.2, 0.25) is 5.02 Å². The first-order chi connectivity index (χ1) is 14.0. The van der Waals surface area contributed by atoms with Crippen molar-refractivity contribution in [1.29, 1.82) is 0 Å². The molecule has 0 bridgehead atoms. The number of fused-ring (bicyclic) bond motifs is 2. The normalized spacial score (nSPS) is 18.0. The van der Waals surface area contributed by atoms with Crippen LogP contribution in [0.15, 0.2) is 58.0 Å². The fourth-order valence-electron chi connectivity index (χ4n) is 3.87. The summed E-state index contributed by atoms with van der Waals surface area (Å²) in [5, 5.41) is 1.41. The smallest absolute Gasteiger partial charge is 0.345 e. The summed E-state index contributed by atoms with van der Waals surface area (Å²) in [5.41, 5.74) is 2.85. The summed E-state index contributed by atoms with van der Waals surface area (Å²) in [6, 6.07) is 12.0. The lowest BCUT2D eigenvalue weighted by Crippen LogP contribution is -2.50. The molecule has 7 heteroatoms. The van der Waals surface area contributed by atoms with Gasteiger partial charge in [0.1, 0.15) is 5.58 Å². The van der Waals surface area contributed by atoms with Crippen LogP contribution in [-0.2, 0) is 0 Å². The number of pyridine rings is 1. The lowest BCUT2D eigenvalue weighted by Gasteiger charge is -2.39. The predicted octanol–water partition coefficient (Wildman–Crippen LogP) is 3.90. The molecular formula is C22H21ClN4O2. The number of nitrogens with zero attached hydrogens (tertiary/aromatic N) is 4. The zero-order valence-corrected chi connectivity index (χ0v) is 17.1. The van der Waals surface area contributed by atoms with Gasteiger partial charge in [0.2, 0.25) is 0 Å². The van der Waals surface area contributed by atoms with Gasteiger partial charge in [0.15, 0.2) is 5.65 Å². The third-order valence-electron chi connectivity index (χ3n) is 5.76. The van der Waals surface area contributed by atoms with Crippen LogP contribution in [0.5, 0.6) is 0 Å². The fourth-order valence-corrected chi connectivity index (χ4v) is 4.08. The molecule has 4 heterocycles. The quantitative estimate of drug-likeness (QED) is 0.471. The van der Waals surface area contributed by atoms with Crippen molar-refractivity contribution in [2.45, 2.75) is 13.0 Å². The molecule has 0 saturated carbocycles. The predicted molar refractivity (Wildman–Crippen MR) is 116 cm³/mol. The molecule has 1 atom stereocenters. The first-order valence-electron chi connectivity index (χ1n) is 9.66. The van der Waals surface area contributed by atoms with E-state index in [0.717, 1.165) is 30.7 Å². The van der Waals surface area contributed by atoms with E-state index in [0.29, 0.717) is 33.6 Å². The van der Waals surface area contributed by atoms with E-state index in [9.17, 15) is 4.79 Å². The number of imidazole rings is 1. The highest BCUT2D eigenvalue weighted by atomic mass is 35.5. The summed E-state index contributed by atoms with van der Waals surface area (Å²) in [4.78, 5) is 21.9. The monoisotopic (exact) mass is 408 g/mol. The van der Waals surface area contributed by atoms with Gasteiger partial charge in [0, 0.05) is 55.2 Å². The van der Waals surface area contributed by atoms with Crippen LogP contribution in [0.25, 0.3) is 27.9 Å². The van der Waals surface area contributed by atoms with Crippen molar-refractivity contribution in [3.8, 4) is 11.3 Å². The number of hydrogen-bond acceptors (Lipinski definition) is 5. The minimum absolute atomic E-state index is 0.402. The third-order valence-corrected chi connectivity index (χ3v) is 6.05. The summed E-state index contributed by atoms with van der Waals surface area (Å²) in [5.74, 6) is 0. The molecule has 0 amide bonds. The minimum atomic E-state index is -0.402. The zero-order valence-electron chi connectivity index (χ0n) is 16.3. The second-order valence-corrected chi connectivity index (χ2v) is 8.07. The average molecular weight is 409 g/mol. The lowest BCUT2D eigenvalue weighted by molar-refractivity contribution is 0.234. The molecule has 0 N–H and O–H groups in total. The van der Waals surface area contributed by atoms with Gasteiger partial charge >= 0.3 is 5.63 Å². The molecule has 4 aromatic rings. The molecule has 0 radical (unpaired) electrons. The van der Waals surface area contributed by atoms with E-state index < -0.39 is 5.63 Å². The van der Waals surface area contributed by atoms with Crippen LogP contribution in [0.1, 0.15) is 6.92 Å². The lowest BCUT2D eigenvalue weighted by atomic mass is 10.1. The summed E-state index contributed by atoms with van der Waals surface area (Å²) in [6.45, 7) is 5.14. The van der Waals surface area contributed by atoms with Gasteiger partial charge in [-0.3, -0.25) is 0 Å². The van der Waals surface area contributed by atoms with Crippen LogP contribution < -0.4 is 10.5 Å². The SMILES string of the molecule is C[C@H]1CN(c2ccc3cc(-c4cn5cccc(Cl)c5n4)c(=O)oc3c2)CCN1C. The Morgan fingerprint density at radius 2 is 2.07 bits per heavy atom. The molecule has 0 spiro atoms. The zero-order chi connectivity index (χ0) is 20.1. The molecule has 0 unspecified atom stereocenters. The molecule has 0 aliphatic carbocycles. The Bertz CT molecular complexity index is 1280. The van der Waals surface area contributed by atoms with Crippen LogP contribution in [0.3, 0.4) is 0 Å². The molecule has 1 fully saturated rings. The molecule has 1 aliphatic rings. The highest BCUT2D eigenvalue weighted by Crippen LogP contribution is 2.27. The highest BCUT2D eigenvalue weighted by Gasteiger charge is 2.21. The second kappa shape index (κ2) is 6.90. The number of hydrogen-bond donors (Lipinski definition) is 0. The first-order valence-corrected chi connectivity index (χ1v) is 10.0. The summed E-state index contributed by atoms with van der Waals surface area (Å²) < 4.78 is 7.48. The van der Waals surface area contributed by atoms with Crippen molar-refractivity contribution >= 4 is 33.9 Å². The molecule has 1 aromatic carbocycles. The Balaban J connectivity index is 1.55. The van der Waals surface area contributed by atoms with E-state index >= 15 is 0 Å². The molecule has 1 aliphatic heterocycles. The van der Waals surface area contributed by atoms with Gasteiger partial charge in [-0.15, -0.1) is 0 Å². The van der Waals surface area contributed by atoms with Gasteiger partial charge in [-0.05, 0) is 44.3 Å². The number of rotatable bonds is 2. The van der Waals surface area contributed by atoms with E-state index in [2.05, 4.69) is 34.8 Å². The number of piperazine rings is 1. The topological polar surface area (TPSA) is 54.0 Å². The van der Waals surface area contributed by atoms with Crippen LogP contribution in [0, 0.1) is 0 Å². The van der Waals surface area contributed by atoms with Gasteiger partial charge in [0.05, 0.1) is 16.3 Å². The Morgan fingerprint density at radius 3 is 2.86 bits per heavy atom. The van der Waals surface area contributed by atoms with E-state index in [1.54, 1.807) is 16.7 Å². The van der Waals surface area contributed by atoms with E-state index in [4.69, 9.17) is 16.0 Å². The maximum Gasteiger partial charge on any atom is 0.345 e. The summed E-state index contributed by atoms with van der Waals surface area (Å²) in [6.07, 6.45) is 3.64. The Labute approximate surface area is 172 Å². The first kappa shape index (κ1) is 18.2. The molecular weight excluding hydrogens is 388 g/mol. The maximum absolute atomic E-state index is 12.7. The van der Waals surface area contributed by atoms with E-state index in [1.807, 2.05) is 30.5 Å². The number of benzene rings is 1. The molecule has 6 nitrogen and oxygen atoms in total. The molecule has 1 saturated heterocycles. The van der Waals surface area contributed by atoms with Crippen molar-refractivity contribution in [1.82, 2.24) is 14.3 Å². The number of anilines is 1. The van der Waals surface area contributed by atoms with Crippen molar-refractivity contribution in [3.05, 3.63) is 64.2 Å². The Morgan fingerprint density at radius 1 is 1.21 bits per heavy atom. The van der Waals surface area contributed by atoms with Crippen LogP contribution in [-0.4, -0.2) is 47.0 Å². The van der Waals surface area contributed by atoms with E-state index in [-0.39, 0.29) is 0 Å². The average Bonchev–Trinajstić information content (AvgIpc) is 3.14. The summed E-state index contributed by atoms with van der Waals surface area (Å²) in [7, 11) is 2.15. The minimum Gasteiger partial charge on any atom is -0.422 e. The number of likely N-dealkylation sites (N-methyl/N-ethyl adjacent to an activating group) is 1. The molecule has 29 heavy (non-hydrogen) atoms. The van der Waals surface area contributed by atoms with Gasteiger partial charge in [-0.1, -0.05) is 11.6 Å². The second-order valence-electron chi connectivity index (χ2n) is 7.66. The van der Waals surface area contributed by atoms with Gasteiger partial charge in [-0.25, -0.2) is 9.78 Å². The maximum atomic E-state index is 12.7. The van der Waals surface area contributed by atoms with Gasteiger partial charge < -0.3 is 18.6 Å². The fraction of sp³-hybridized carbons (Fsp3) is 0.273. The Hall–Kier alpha value is -2.83. The van der Waals surface area contributed by atoms with Crippen LogP contribution >= 0.6 is 11.6 Å². The largest absolute Gasteiger partial charge is 0.422 e. The standard InChI is InChI=1S/C22H21ClN4O2/c1-14-12-26(9-8-25(14)2)16-6-5-15-10-17(22(28)29-20(15)11-16)19-13-27-7-3-4-18(23)21(27)24-19/h3-7,10-11,13-14H,8-9,12H2,1-2H3/t14-/m0/s1. The van der Waals surface area contributed by atoms with Crippen molar-refractivity contribution in [2.24, 2.45) is 0 Å². The molecule has 3 aromatic heterocycles. The summed E-state index contributed by atoms with van der Waals surface area (Å²) >= 11 is 6.21. The number of halogens is 1. The highest BCUT2D eigenvalue weighted by molar-refractivity contribution is 6.33. The molecule has 148 valence electrons. The molecule has 5 rings (SSSR count). The van der Waals surface area contributed by atoms with Crippen molar-refractivity contribution < 1.29 is 4.42 Å². The third kappa shape index (κ3) is 3.18. The van der Waals surface area contributed by atoms with E-state index in [1.165, 1.54) is 0 Å². The van der Waals surface area contributed by atoms with Crippen LogP contribution in [0.4, 0.5) is 5.69 Å².